The molecule has 3 aromatic rings. The number of hydrogen-bond acceptors (Lipinski definition) is 3. The minimum absolute atomic E-state index is 0.196. The molecule has 0 spiro atoms. The number of carbonyl (C=O) groups is 1. The van der Waals surface area contributed by atoms with Crippen molar-refractivity contribution < 1.29 is 4.79 Å². The monoisotopic (exact) mass is 362 g/mol. The van der Waals surface area contributed by atoms with E-state index in [4.69, 9.17) is 4.98 Å². The summed E-state index contributed by atoms with van der Waals surface area (Å²) in [6.07, 6.45) is 1.87. The second-order valence-corrected chi connectivity index (χ2v) is 7.59. The quantitative estimate of drug-likeness (QED) is 0.642. The van der Waals surface area contributed by atoms with Crippen molar-refractivity contribution in [1.82, 2.24) is 9.88 Å². The molecule has 0 aliphatic carbocycles. The number of fused-ring (bicyclic) bond motifs is 2. The third-order valence-electron chi connectivity index (χ3n) is 4.96. The van der Waals surface area contributed by atoms with Crippen molar-refractivity contribution >= 4 is 28.6 Å². The molecule has 0 saturated heterocycles. The summed E-state index contributed by atoms with van der Waals surface area (Å²) in [5, 5.41) is 2.14. The van der Waals surface area contributed by atoms with Gasteiger partial charge >= 0.3 is 0 Å². The Morgan fingerprint density at radius 3 is 2.73 bits per heavy atom. The van der Waals surface area contributed by atoms with Crippen LogP contribution in [0, 0.1) is 0 Å². The number of nitrogens with zero attached hydrogens (tertiary/aromatic N) is 2. The van der Waals surface area contributed by atoms with Gasteiger partial charge in [0, 0.05) is 18.5 Å². The average Bonchev–Trinajstić information content (AvgIpc) is 2.70. The van der Waals surface area contributed by atoms with E-state index in [1.807, 2.05) is 29.2 Å². The van der Waals surface area contributed by atoms with Crippen molar-refractivity contribution in [3.05, 3.63) is 71.3 Å². The summed E-state index contributed by atoms with van der Waals surface area (Å²) in [4.78, 5) is 19.5. The molecular weight excluding hydrogens is 340 g/mol. The first-order valence-electron chi connectivity index (χ1n) is 9.10. The summed E-state index contributed by atoms with van der Waals surface area (Å²) in [5.41, 5.74) is 4.85. The fourth-order valence-corrected chi connectivity index (χ4v) is 4.44. The van der Waals surface area contributed by atoms with Crippen molar-refractivity contribution in [2.24, 2.45) is 0 Å². The molecule has 1 aliphatic heterocycles. The zero-order valence-corrected chi connectivity index (χ0v) is 15.8. The number of thioether (sulfide) groups is 1. The number of aromatic nitrogens is 1. The largest absolute Gasteiger partial charge is 0.337 e. The third kappa shape index (κ3) is 3.47. The lowest BCUT2D eigenvalue weighted by molar-refractivity contribution is -0.129. The zero-order chi connectivity index (χ0) is 17.9. The first-order valence-corrected chi connectivity index (χ1v) is 10.1. The second kappa shape index (κ2) is 7.50. The van der Waals surface area contributed by atoms with Crippen LogP contribution in [0.4, 0.5) is 0 Å². The summed E-state index contributed by atoms with van der Waals surface area (Å²) in [6.45, 7) is 3.67. The fraction of sp³-hybridized carbons (Fsp3) is 0.273. The lowest BCUT2D eigenvalue weighted by Crippen LogP contribution is -2.37. The number of para-hydroxylation sites is 1. The lowest BCUT2D eigenvalue weighted by Gasteiger charge is -2.28. The van der Waals surface area contributed by atoms with Gasteiger partial charge in [-0.25, -0.2) is 4.98 Å². The van der Waals surface area contributed by atoms with E-state index in [-0.39, 0.29) is 5.91 Å². The first-order chi connectivity index (χ1) is 12.7. The molecule has 0 unspecified atom stereocenters. The van der Waals surface area contributed by atoms with Crippen LogP contribution >= 0.6 is 11.8 Å². The average molecular weight is 362 g/mol. The SMILES string of the molecule is CCc1cc2ccccc2nc1SCC(=O)N1CCc2ccccc2C1. The van der Waals surface area contributed by atoms with Gasteiger partial charge in [0.25, 0.3) is 0 Å². The Hall–Kier alpha value is -2.33. The van der Waals surface area contributed by atoms with E-state index in [1.165, 1.54) is 16.7 Å². The van der Waals surface area contributed by atoms with Gasteiger partial charge in [-0.3, -0.25) is 4.79 Å². The predicted molar refractivity (Wildman–Crippen MR) is 107 cm³/mol. The summed E-state index contributed by atoms with van der Waals surface area (Å²) >= 11 is 1.57. The number of benzene rings is 2. The van der Waals surface area contributed by atoms with Gasteiger partial charge in [-0.05, 0) is 41.7 Å². The Morgan fingerprint density at radius 2 is 1.88 bits per heavy atom. The van der Waals surface area contributed by atoms with Crippen molar-refractivity contribution in [3.8, 4) is 0 Å². The Bertz CT molecular complexity index is 954. The molecule has 1 amide bonds. The molecule has 1 aliphatic rings. The normalized spacial score (nSPS) is 13.7. The van der Waals surface area contributed by atoms with E-state index in [2.05, 4.69) is 37.3 Å². The highest BCUT2D eigenvalue weighted by Gasteiger charge is 2.20. The number of carbonyl (C=O) groups excluding carboxylic acids is 1. The summed E-state index contributed by atoms with van der Waals surface area (Å²) < 4.78 is 0. The van der Waals surface area contributed by atoms with Gasteiger partial charge in [0.1, 0.15) is 5.03 Å². The van der Waals surface area contributed by atoms with Crippen LogP contribution in [0.3, 0.4) is 0 Å². The molecule has 0 bridgehead atoms. The van der Waals surface area contributed by atoms with Gasteiger partial charge < -0.3 is 4.90 Å². The van der Waals surface area contributed by atoms with E-state index in [0.717, 1.165) is 41.9 Å². The van der Waals surface area contributed by atoms with E-state index in [0.29, 0.717) is 5.75 Å². The molecule has 2 heterocycles. The highest BCUT2D eigenvalue weighted by molar-refractivity contribution is 7.99. The molecule has 132 valence electrons. The Labute approximate surface area is 158 Å². The second-order valence-electron chi connectivity index (χ2n) is 6.62. The first kappa shape index (κ1) is 17.1. The topological polar surface area (TPSA) is 33.2 Å². The summed E-state index contributed by atoms with van der Waals surface area (Å²) in [5.74, 6) is 0.641. The van der Waals surface area contributed by atoms with Gasteiger partial charge in [-0.15, -0.1) is 0 Å². The maximum Gasteiger partial charge on any atom is 0.233 e. The molecule has 1 aromatic heterocycles. The molecule has 0 radical (unpaired) electrons. The van der Waals surface area contributed by atoms with Crippen LogP contribution in [0.2, 0.25) is 0 Å². The van der Waals surface area contributed by atoms with Crippen molar-refractivity contribution in [2.45, 2.75) is 31.3 Å². The van der Waals surface area contributed by atoms with Crippen LogP contribution in [-0.2, 0) is 24.2 Å². The highest BCUT2D eigenvalue weighted by Crippen LogP contribution is 2.26. The third-order valence-corrected chi connectivity index (χ3v) is 5.98. The standard InChI is InChI=1S/C22H22N2OS/c1-2-16-13-18-8-5-6-10-20(18)23-22(16)26-15-21(25)24-12-11-17-7-3-4-9-19(17)14-24/h3-10,13H,2,11-12,14-15H2,1H3. The Kier molecular flexibility index (Phi) is 4.93. The number of aryl methyl sites for hydroxylation is 1. The predicted octanol–water partition coefficient (Wildman–Crippen LogP) is 4.47. The maximum atomic E-state index is 12.7. The molecule has 4 heteroatoms. The zero-order valence-electron chi connectivity index (χ0n) is 14.9. The number of pyridine rings is 1. The fourth-order valence-electron chi connectivity index (χ4n) is 3.45. The van der Waals surface area contributed by atoms with E-state index in [9.17, 15) is 4.79 Å². The van der Waals surface area contributed by atoms with Crippen LogP contribution in [0.15, 0.2) is 59.6 Å². The van der Waals surface area contributed by atoms with E-state index < -0.39 is 0 Å². The van der Waals surface area contributed by atoms with Gasteiger partial charge in [-0.2, -0.15) is 0 Å². The molecule has 4 rings (SSSR count). The maximum absolute atomic E-state index is 12.7. The van der Waals surface area contributed by atoms with Crippen molar-refractivity contribution in [2.75, 3.05) is 12.3 Å². The molecule has 0 N–H and O–H groups in total. The molecular formula is C22H22N2OS. The molecule has 0 atom stereocenters. The van der Waals surface area contributed by atoms with Crippen LogP contribution in [0.1, 0.15) is 23.6 Å². The van der Waals surface area contributed by atoms with Crippen molar-refractivity contribution in [3.63, 3.8) is 0 Å². The van der Waals surface area contributed by atoms with Crippen LogP contribution in [0.25, 0.3) is 10.9 Å². The highest BCUT2D eigenvalue weighted by atomic mass is 32.2. The van der Waals surface area contributed by atoms with Gasteiger partial charge in [0.2, 0.25) is 5.91 Å². The van der Waals surface area contributed by atoms with Gasteiger partial charge in [-0.1, -0.05) is 61.2 Å². The van der Waals surface area contributed by atoms with E-state index in [1.54, 1.807) is 11.8 Å². The smallest absolute Gasteiger partial charge is 0.233 e. The lowest BCUT2D eigenvalue weighted by atomic mass is 10.00. The molecule has 3 nitrogen and oxygen atoms in total. The van der Waals surface area contributed by atoms with Crippen LogP contribution in [-0.4, -0.2) is 28.1 Å². The molecule has 26 heavy (non-hydrogen) atoms. The van der Waals surface area contributed by atoms with E-state index >= 15 is 0 Å². The summed E-state index contributed by atoms with van der Waals surface area (Å²) in [7, 11) is 0. The Morgan fingerprint density at radius 1 is 1.12 bits per heavy atom. The van der Waals surface area contributed by atoms with Gasteiger partial charge in [0.05, 0.1) is 11.3 Å². The minimum Gasteiger partial charge on any atom is -0.337 e. The van der Waals surface area contributed by atoms with Gasteiger partial charge in [0.15, 0.2) is 0 Å². The van der Waals surface area contributed by atoms with Crippen LogP contribution < -0.4 is 0 Å². The number of rotatable bonds is 4. The van der Waals surface area contributed by atoms with Crippen molar-refractivity contribution in [1.29, 1.82) is 0 Å². The molecule has 0 saturated carbocycles. The molecule has 0 fully saturated rings. The summed E-state index contributed by atoms with van der Waals surface area (Å²) in [6, 6.07) is 18.8. The minimum atomic E-state index is 0.196. The molecule has 2 aromatic carbocycles. The van der Waals surface area contributed by atoms with Crippen LogP contribution in [0.5, 0.6) is 0 Å². The Balaban J connectivity index is 1.47. The number of amides is 1. The number of hydrogen-bond donors (Lipinski definition) is 0.